The predicted molar refractivity (Wildman–Crippen MR) is 90.6 cm³/mol. The van der Waals surface area contributed by atoms with Crippen LogP contribution >= 0.6 is 0 Å². The van der Waals surface area contributed by atoms with Crippen LogP contribution in [0.3, 0.4) is 0 Å². The van der Waals surface area contributed by atoms with Crippen molar-refractivity contribution in [3.63, 3.8) is 0 Å². The van der Waals surface area contributed by atoms with E-state index in [-0.39, 0.29) is 17.5 Å². The standard InChI is InChI=1S/C19H22O5/c1-4-19(22)24-17(8-5-12(2)3)13-9-18(23-11-13)15-10-14(20)6-7-16(15)21/h5-7,9-11,17,20-21H,4,8H2,1-3H3. The van der Waals surface area contributed by atoms with Crippen LogP contribution in [-0.2, 0) is 9.53 Å². The number of esters is 1. The second-order valence-corrected chi connectivity index (χ2v) is 5.79. The second-order valence-electron chi connectivity index (χ2n) is 5.79. The van der Waals surface area contributed by atoms with Gasteiger partial charge in [-0.05, 0) is 38.1 Å². The Kier molecular flexibility index (Phi) is 5.68. The highest BCUT2D eigenvalue weighted by Crippen LogP contribution is 2.35. The Labute approximate surface area is 141 Å². The molecule has 1 atom stereocenters. The molecule has 5 nitrogen and oxygen atoms in total. The average molecular weight is 330 g/mol. The number of aromatic hydroxyl groups is 2. The highest BCUT2D eigenvalue weighted by atomic mass is 16.5. The zero-order valence-corrected chi connectivity index (χ0v) is 14.1. The first-order chi connectivity index (χ1) is 11.4. The Morgan fingerprint density at radius 1 is 1.29 bits per heavy atom. The van der Waals surface area contributed by atoms with Crippen LogP contribution in [0.1, 0.15) is 45.3 Å². The fourth-order valence-electron chi connectivity index (χ4n) is 2.22. The molecule has 0 fully saturated rings. The van der Waals surface area contributed by atoms with Crippen molar-refractivity contribution >= 4 is 5.97 Å². The number of carbonyl (C=O) groups is 1. The summed E-state index contributed by atoms with van der Waals surface area (Å²) in [4.78, 5) is 11.7. The second kappa shape index (κ2) is 7.73. The normalized spacial score (nSPS) is 11.8. The third-order valence-corrected chi connectivity index (χ3v) is 3.54. The van der Waals surface area contributed by atoms with Crippen molar-refractivity contribution in [3.05, 3.63) is 47.7 Å². The molecule has 1 heterocycles. The number of rotatable bonds is 6. The first kappa shape index (κ1) is 17.7. The van der Waals surface area contributed by atoms with Crippen LogP contribution in [0.2, 0.25) is 0 Å². The topological polar surface area (TPSA) is 79.9 Å². The number of phenols is 2. The molecule has 1 aromatic heterocycles. The van der Waals surface area contributed by atoms with Gasteiger partial charge in [0.25, 0.3) is 0 Å². The van der Waals surface area contributed by atoms with Crippen molar-refractivity contribution in [2.45, 2.75) is 39.7 Å². The Hall–Kier alpha value is -2.69. The Bertz CT molecular complexity index is 738. The van der Waals surface area contributed by atoms with E-state index in [1.807, 2.05) is 19.9 Å². The van der Waals surface area contributed by atoms with Crippen LogP contribution < -0.4 is 0 Å². The molecule has 2 aromatic rings. The zero-order chi connectivity index (χ0) is 17.7. The van der Waals surface area contributed by atoms with Crippen molar-refractivity contribution in [2.75, 3.05) is 0 Å². The van der Waals surface area contributed by atoms with E-state index >= 15 is 0 Å². The van der Waals surface area contributed by atoms with Crippen molar-refractivity contribution in [3.8, 4) is 22.8 Å². The number of phenolic OH excluding ortho intramolecular Hbond substituents is 2. The number of benzene rings is 1. The molecule has 128 valence electrons. The lowest BCUT2D eigenvalue weighted by molar-refractivity contribution is -0.148. The molecular weight excluding hydrogens is 308 g/mol. The summed E-state index contributed by atoms with van der Waals surface area (Å²) in [6.07, 6.45) is 3.88. The predicted octanol–water partition coefficient (Wildman–Crippen LogP) is 4.71. The molecule has 0 aliphatic heterocycles. The quantitative estimate of drug-likeness (QED) is 0.455. The van der Waals surface area contributed by atoms with E-state index < -0.39 is 6.10 Å². The van der Waals surface area contributed by atoms with Gasteiger partial charge in [-0.25, -0.2) is 0 Å². The maximum absolute atomic E-state index is 11.7. The number of furan rings is 1. The molecule has 0 bridgehead atoms. The van der Waals surface area contributed by atoms with Crippen molar-refractivity contribution < 1.29 is 24.2 Å². The molecule has 1 aromatic carbocycles. The van der Waals surface area contributed by atoms with Crippen molar-refractivity contribution in [1.29, 1.82) is 0 Å². The van der Waals surface area contributed by atoms with E-state index in [4.69, 9.17) is 9.15 Å². The summed E-state index contributed by atoms with van der Waals surface area (Å²) in [6, 6.07) is 5.91. The number of allylic oxidation sites excluding steroid dienone is 1. The molecule has 2 N–H and O–H groups in total. The lowest BCUT2D eigenvalue weighted by atomic mass is 10.1. The summed E-state index contributed by atoms with van der Waals surface area (Å²) in [5.41, 5.74) is 2.21. The number of ether oxygens (including phenoxy) is 1. The largest absolute Gasteiger partial charge is 0.508 e. The van der Waals surface area contributed by atoms with Crippen LogP contribution in [0.15, 0.2) is 46.6 Å². The molecule has 24 heavy (non-hydrogen) atoms. The summed E-state index contributed by atoms with van der Waals surface area (Å²) in [6.45, 7) is 5.69. The Morgan fingerprint density at radius 3 is 2.71 bits per heavy atom. The molecule has 1 unspecified atom stereocenters. The van der Waals surface area contributed by atoms with Gasteiger partial charge in [0.2, 0.25) is 0 Å². The van der Waals surface area contributed by atoms with E-state index in [2.05, 4.69) is 0 Å². The smallest absolute Gasteiger partial charge is 0.306 e. The van der Waals surface area contributed by atoms with Gasteiger partial charge in [-0.2, -0.15) is 0 Å². The van der Waals surface area contributed by atoms with Crippen LogP contribution in [-0.4, -0.2) is 16.2 Å². The maximum Gasteiger partial charge on any atom is 0.306 e. The number of hydrogen-bond donors (Lipinski definition) is 2. The summed E-state index contributed by atoms with van der Waals surface area (Å²) < 4.78 is 11.0. The third kappa shape index (κ3) is 4.41. The molecule has 0 aliphatic rings. The first-order valence-electron chi connectivity index (χ1n) is 7.84. The minimum absolute atomic E-state index is 0.0000939. The van der Waals surface area contributed by atoms with Crippen LogP contribution in [0.25, 0.3) is 11.3 Å². The van der Waals surface area contributed by atoms with Gasteiger partial charge >= 0.3 is 5.97 Å². The minimum Gasteiger partial charge on any atom is -0.508 e. The molecule has 0 saturated carbocycles. The van der Waals surface area contributed by atoms with Crippen molar-refractivity contribution in [1.82, 2.24) is 0 Å². The number of hydrogen-bond acceptors (Lipinski definition) is 5. The molecule has 2 rings (SSSR count). The summed E-state index contributed by atoms with van der Waals surface area (Å²) >= 11 is 0. The van der Waals surface area contributed by atoms with Gasteiger partial charge in [0, 0.05) is 18.4 Å². The minimum atomic E-state index is -0.454. The third-order valence-electron chi connectivity index (χ3n) is 3.54. The van der Waals surface area contributed by atoms with Gasteiger partial charge in [-0.15, -0.1) is 0 Å². The van der Waals surface area contributed by atoms with Crippen LogP contribution in [0.4, 0.5) is 0 Å². The molecular formula is C19H22O5. The highest BCUT2D eigenvalue weighted by molar-refractivity contribution is 5.70. The maximum atomic E-state index is 11.7. The van der Waals surface area contributed by atoms with E-state index in [0.29, 0.717) is 29.7 Å². The fraction of sp³-hybridized carbons (Fsp3) is 0.316. The average Bonchev–Trinajstić information content (AvgIpc) is 3.02. The van der Waals surface area contributed by atoms with Crippen LogP contribution in [0.5, 0.6) is 11.5 Å². The summed E-state index contributed by atoms with van der Waals surface area (Å²) in [5.74, 6) is 0.137. The SMILES string of the molecule is CCC(=O)OC(CC=C(C)C)c1coc(-c2cc(O)ccc2O)c1. The van der Waals surface area contributed by atoms with Gasteiger partial charge in [-0.3, -0.25) is 4.79 Å². The first-order valence-corrected chi connectivity index (χ1v) is 7.84. The van der Waals surface area contributed by atoms with Crippen LogP contribution in [0, 0.1) is 0 Å². The molecule has 0 amide bonds. The van der Waals surface area contributed by atoms with Crippen molar-refractivity contribution in [2.24, 2.45) is 0 Å². The molecule has 0 aliphatic carbocycles. The Balaban J connectivity index is 2.31. The van der Waals surface area contributed by atoms with Gasteiger partial charge in [0.05, 0.1) is 11.8 Å². The number of carbonyl (C=O) groups excluding carboxylic acids is 1. The fourth-order valence-corrected chi connectivity index (χ4v) is 2.22. The Morgan fingerprint density at radius 2 is 2.04 bits per heavy atom. The van der Waals surface area contributed by atoms with E-state index in [1.165, 1.54) is 24.5 Å². The molecule has 0 radical (unpaired) electrons. The van der Waals surface area contributed by atoms with E-state index in [9.17, 15) is 15.0 Å². The van der Waals surface area contributed by atoms with E-state index in [0.717, 1.165) is 5.57 Å². The van der Waals surface area contributed by atoms with Gasteiger partial charge in [0.1, 0.15) is 23.4 Å². The lowest BCUT2D eigenvalue weighted by Crippen LogP contribution is -2.09. The van der Waals surface area contributed by atoms with E-state index in [1.54, 1.807) is 13.0 Å². The highest BCUT2D eigenvalue weighted by Gasteiger charge is 2.19. The molecule has 5 heteroatoms. The monoisotopic (exact) mass is 330 g/mol. The van der Waals surface area contributed by atoms with Gasteiger partial charge in [-0.1, -0.05) is 18.6 Å². The summed E-state index contributed by atoms with van der Waals surface area (Å²) in [5, 5.41) is 19.5. The van der Waals surface area contributed by atoms with Gasteiger partial charge < -0.3 is 19.4 Å². The lowest BCUT2D eigenvalue weighted by Gasteiger charge is -2.14. The molecule has 0 spiro atoms. The van der Waals surface area contributed by atoms with Gasteiger partial charge in [0.15, 0.2) is 0 Å². The summed E-state index contributed by atoms with van der Waals surface area (Å²) in [7, 11) is 0. The zero-order valence-electron chi connectivity index (χ0n) is 14.1. The molecule has 0 saturated heterocycles.